The fourth-order valence-corrected chi connectivity index (χ4v) is 4.31. The van der Waals surface area contributed by atoms with E-state index in [1.165, 1.54) is 11.1 Å². The van der Waals surface area contributed by atoms with Gasteiger partial charge in [-0.2, -0.15) is 0 Å². The van der Waals surface area contributed by atoms with Crippen LogP contribution in [0.1, 0.15) is 37.8 Å². The van der Waals surface area contributed by atoms with Crippen LogP contribution < -0.4 is 10.1 Å². The number of ether oxygens (including phenoxy) is 2. The third-order valence-electron chi connectivity index (χ3n) is 5.51. The molecular weight excluding hydrogens is 302 g/mol. The van der Waals surface area contributed by atoms with Crippen LogP contribution in [0.3, 0.4) is 0 Å². The third-order valence-corrected chi connectivity index (χ3v) is 5.51. The van der Waals surface area contributed by atoms with Gasteiger partial charge >= 0.3 is 0 Å². The molecule has 2 unspecified atom stereocenters. The Morgan fingerprint density at radius 1 is 1.25 bits per heavy atom. The van der Waals surface area contributed by atoms with Crippen molar-refractivity contribution in [2.75, 3.05) is 20.8 Å². The average Bonchev–Trinajstić information content (AvgIpc) is 2.60. The van der Waals surface area contributed by atoms with Crippen LogP contribution >= 0.6 is 0 Å². The van der Waals surface area contributed by atoms with Crippen molar-refractivity contribution in [3.05, 3.63) is 46.7 Å². The van der Waals surface area contributed by atoms with Gasteiger partial charge in [0.2, 0.25) is 0 Å². The number of methoxy groups -OCH3 is 2. The zero-order chi connectivity index (χ0) is 17.3. The smallest absolute Gasteiger partial charge is 0.162 e. The summed E-state index contributed by atoms with van der Waals surface area (Å²) in [5.41, 5.74) is 3.25. The third kappa shape index (κ3) is 2.49. The summed E-state index contributed by atoms with van der Waals surface area (Å²) in [7, 11) is 3.32. The number of hydrogen-bond donors (Lipinski definition) is 2. The Kier molecular flexibility index (Phi) is 4.59. The van der Waals surface area contributed by atoms with E-state index in [9.17, 15) is 5.11 Å². The predicted octanol–water partition coefficient (Wildman–Crippen LogP) is 3.44. The van der Waals surface area contributed by atoms with E-state index in [-0.39, 0.29) is 17.2 Å². The van der Waals surface area contributed by atoms with Crippen molar-refractivity contribution in [1.82, 2.24) is 5.32 Å². The van der Waals surface area contributed by atoms with E-state index in [1.807, 2.05) is 6.07 Å². The van der Waals surface area contributed by atoms with Crippen LogP contribution in [0, 0.1) is 0 Å². The van der Waals surface area contributed by atoms with Crippen LogP contribution in [0.25, 0.3) is 0 Å². The standard InChI is InChI=1S/C20H27NO3/c1-5-14-6-9-17(24-4)19(22)18(14)20-10-11-21-13(2)16(20)8-7-15(12-20)23-3/h6-9,13,21-22H,5,10-12H2,1-4H3. The second kappa shape index (κ2) is 6.52. The first-order chi connectivity index (χ1) is 11.6. The number of rotatable bonds is 4. The van der Waals surface area contributed by atoms with Gasteiger partial charge in [0.1, 0.15) is 0 Å². The van der Waals surface area contributed by atoms with E-state index in [1.54, 1.807) is 14.2 Å². The zero-order valence-corrected chi connectivity index (χ0v) is 15.0. The Hall–Kier alpha value is -1.94. The molecule has 2 aliphatic rings. The van der Waals surface area contributed by atoms with Crippen molar-refractivity contribution in [1.29, 1.82) is 0 Å². The van der Waals surface area contributed by atoms with Crippen LogP contribution in [0.2, 0.25) is 0 Å². The molecule has 1 aliphatic heterocycles. The number of aromatic hydroxyl groups is 1. The topological polar surface area (TPSA) is 50.7 Å². The minimum absolute atomic E-state index is 0.241. The molecule has 2 N–H and O–H groups in total. The van der Waals surface area contributed by atoms with Gasteiger partial charge in [0, 0.05) is 23.4 Å². The molecule has 3 rings (SSSR count). The fourth-order valence-electron chi connectivity index (χ4n) is 4.31. The fraction of sp³-hybridized carbons (Fsp3) is 0.500. The Balaban J connectivity index is 2.25. The number of phenolic OH excluding ortho intramolecular Hbond substituents is 1. The molecule has 4 heteroatoms. The van der Waals surface area contributed by atoms with Crippen LogP contribution in [-0.4, -0.2) is 31.9 Å². The highest BCUT2D eigenvalue weighted by atomic mass is 16.5. The number of piperidine rings is 1. The SMILES string of the molecule is CCc1ccc(OC)c(O)c1C12CCNC(C)C1=CC=C(OC)C2. The predicted molar refractivity (Wildman–Crippen MR) is 95.6 cm³/mol. The molecule has 1 saturated heterocycles. The van der Waals surface area contributed by atoms with E-state index in [0.29, 0.717) is 5.75 Å². The number of nitrogens with one attached hydrogen (secondary N) is 1. The minimum Gasteiger partial charge on any atom is -0.504 e. The van der Waals surface area contributed by atoms with Crippen LogP contribution in [0.15, 0.2) is 35.6 Å². The van der Waals surface area contributed by atoms with Crippen molar-refractivity contribution >= 4 is 0 Å². The first kappa shape index (κ1) is 16.9. The van der Waals surface area contributed by atoms with Gasteiger partial charge in [-0.3, -0.25) is 0 Å². The molecule has 0 radical (unpaired) electrons. The van der Waals surface area contributed by atoms with Gasteiger partial charge in [-0.15, -0.1) is 0 Å². The molecule has 0 spiro atoms. The van der Waals surface area contributed by atoms with Gasteiger partial charge in [0.15, 0.2) is 11.5 Å². The summed E-state index contributed by atoms with van der Waals surface area (Å²) >= 11 is 0. The molecule has 1 heterocycles. The lowest BCUT2D eigenvalue weighted by Gasteiger charge is -2.46. The second-order valence-corrected chi connectivity index (χ2v) is 6.65. The Bertz CT molecular complexity index is 692. The van der Waals surface area contributed by atoms with E-state index in [4.69, 9.17) is 9.47 Å². The summed E-state index contributed by atoms with van der Waals surface area (Å²) in [6, 6.07) is 4.21. The minimum atomic E-state index is -0.241. The Morgan fingerprint density at radius 3 is 2.71 bits per heavy atom. The van der Waals surface area contributed by atoms with Gasteiger partial charge in [0.25, 0.3) is 0 Å². The lowest BCUT2D eigenvalue weighted by atomic mass is 9.62. The molecule has 24 heavy (non-hydrogen) atoms. The molecule has 0 bridgehead atoms. The van der Waals surface area contributed by atoms with Gasteiger partial charge in [-0.25, -0.2) is 0 Å². The van der Waals surface area contributed by atoms with E-state index >= 15 is 0 Å². The molecule has 1 aromatic carbocycles. The summed E-state index contributed by atoms with van der Waals surface area (Å²) < 4.78 is 11.0. The lowest BCUT2D eigenvalue weighted by Crippen LogP contribution is -2.49. The Labute approximate surface area is 144 Å². The molecular formula is C20H27NO3. The number of phenols is 1. The van der Waals surface area contributed by atoms with Crippen LogP contribution in [0.5, 0.6) is 11.5 Å². The molecule has 130 valence electrons. The largest absolute Gasteiger partial charge is 0.504 e. The summed E-state index contributed by atoms with van der Waals surface area (Å²) in [6.45, 7) is 5.23. The summed E-state index contributed by atoms with van der Waals surface area (Å²) in [4.78, 5) is 0. The van der Waals surface area contributed by atoms with Crippen molar-refractivity contribution in [3.8, 4) is 11.5 Å². The summed E-state index contributed by atoms with van der Waals surface area (Å²) in [5.74, 6) is 1.77. The maximum atomic E-state index is 11.0. The second-order valence-electron chi connectivity index (χ2n) is 6.65. The number of aryl methyl sites for hydroxylation is 1. The first-order valence-electron chi connectivity index (χ1n) is 8.65. The highest BCUT2D eigenvalue weighted by Gasteiger charge is 2.46. The van der Waals surface area contributed by atoms with Gasteiger partial charge in [-0.1, -0.05) is 19.1 Å². The number of benzene rings is 1. The number of fused-ring (bicyclic) bond motifs is 1. The molecule has 1 aliphatic carbocycles. The first-order valence-corrected chi connectivity index (χ1v) is 8.65. The van der Waals surface area contributed by atoms with Gasteiger partial charge in [-0.05, 0) is 49.6 Å². The molecule has 1 fully saturated rings. The zero-order valence-electron chi connectivity index (χ0n) is 15.0. The normalized spacial score (nSPS) is 26.2. The molecule has 1 aromatic rings. The van der Waals surface area contributed by atoms with Gasteiger partial charge in [0.05, 0.1) is 20.0 Å². The molecule has 0 amide bonds. The quantitative estimate of drug-likeness (QED) is 0.888. The molecule has 2 atom stereocenters. The lowest BCUT2D eigenvalue weighted by molar-refractivity contribution is 0.230. The van der Waals surface area contributed by atoms with E-state index < -0.39 is 0 Å². The van der Waals surface area contributed by atoms with E-state index in [0.717, 1.165) is 37.1 Å². The number of allylic oxidation sites excluding steroid dienone is 3. The maximum absolute atomic E-state index is 11.0. The molecule has 0 saturated carbocycles. The van der Waals surface area contributed by atoms with Crippen LogP contribution in [0.4, 0.5) is 0 Å². The maximum Gasteiger partial charge on any atom is 0.162 e. The van der Waals surface area contributed by atoms with Crippen molar-refractivity contribution < 1.29 is 14.6 Å². The molecule has 0 aromatic heterocycles. The van der Waals surface area contributed by atoms with Crippen molar-refractivity contribution in [3.63, 3.8) is 0 Å². The van der Waals surface area contributed by atoms with Crippen molar-refractivity contribution in [2.24, 2.45) is 0 Å². The highest BCUT2D eigenvalue weighted by Crippen LogP contribution is 2.52. The van der Waals surface area contributed by atoms with Crippen LogP contribution in [-0.2, 0) is 16.6 Å². The monoisotopic (exact) mass is 329 g/mol. The summed E-state index contributed by atoms with van der Waals surface area (Å²) in [5, 5.41) is 14.5. The van der Waals surface area contributed by atoms with Gasteiger partial charge < -0.3 is 19.9 Å². The van der Waals surface area contributed by atoms with Crippen molar-refractivity contribution in [2.45, 2.75) is 44.6 Å². The average molecular weight is 329 g/mol. The summed E-state index contributed by atoms with van der Waals surface area (Å²) in [6.07, 6.45) is 6.79. The van der Waals surface area contributed by atoms with E-state index in [2.05, 4.69) is 37.4 Å². The molecule has 4 nitrogen and oxygen atoms in total. The number of hydrogen-bond acceptors (Lipinski definition) is 4. The Morgan fingerprint density at radius 2 is 2.04 bits per heavy atom. The highest BCUT2D eigenvalue weighted by molar-refractivity contribution is 5.59.